The Morgan fingerprint density at radius 3 is 2.20 bits per heavy atom. The molecule has 0 saturated carbocycles. The van der Waals surface area contributed by atoms with Crippen LogP contribution < -0.4 is 0 Å². The highest BCUT2D eigenvalue weighted by Crippen LogP contribution is 2.14. The van der Waals surface area contributed by atoms with Gasteiger partial charge in [-0.1, -0.05) is 53.0 Å². The molecule has 0 aromatic carbocycles. The summed E-state index contributed by atoms with van der Waals surface area (Å²) < 4.78 is 0. The van der Waals surface area contributed by atoms with Gasteiger partial charge < -0.3 is 0 Å². The van der Waals surface area contributed by atoms with Gasteiger partial charge in [-0.05, 0) is 31.8 Å². The van der Waals surface area contributed by atoms with E-state index in [-0.39, 0.29) is 5.78 Å². The van der Waals surface area contributed by atoms with E-state index in [9.17, 15) is 4.79 Å². The maximum absolute atomic E-state index is 10.7. The minimum absolute atomic E-state index is 0.161. The molecule has 90 valence electrons. The largest absolute Gasteiger partial charge is 0.295 e. The van der Waals surface area contributed by atoms with Gasteiger partial charge in [-0.25, -0.2) is 0 Å². The first-order valence-corrected chi connectivity index (χ1v) is 6.39. The fourth-order valence-corrected chi connectivity index (χ4v) is 1.36. The molecular weight excluding hydrogens is 184 g/mol. The summed E-state index contributed by atoms with van der Waals surface area (Å²) in [6.07, 6.45) is 10.0. The maximum atomic E-state index is 10.7. The number of ketones is 1. The molecule has 0 fully saturated rings. The van der Waals surface area contributed by atoms with E-state index in [2.05, 4.69) is 19.9 Å². The number of hydrogen-bond donors (Lipinski definition) is 0. The first-order chi connectivity index (χ1) is 7.20. The molecule has 0 rings (SSSR count). The Hall–Kier alpha value is -0.590. The lowest BCUT2D eigenvalue weighted by atomic mass is 9.98. The summed E-state index contributed by atoms with van der Waals surface area (Å²) in [5.41, 5.74) is 0. The summed E-state index contributed by atoms with van der Waals surface area (Å²) in [6, 6.07) is 0. The summed E-state index contributed by atoms with van der Waals surface area (Å²) >= 11 is 0. The van der Waals surface area contributed by atoms with Crippen molar-refractivity contribution in [1.82, 2.24) is 0 Å². The lowest BCUT2D eigenvalue weighted by Gasteiger charge is -2.08. The minimum Gasteiger partial charge on any atom is -0.295 e. The van der Waals surface area contributed by atoms with Crippen LogP contribution in [-0.2, 0) is 4.79 Å². The zero-order chi connectivity index (χ0) is 12.1. The van der Waals surface area contributed by atoms with E-state index >= 15 is 0 Å². The second kappa shape index (κ2) is 13.4. The van der Waals surface area contributed by atoms with Crippen LogP contribution >= 0.6 is 0 Å². The fraction of sp³-hybridized carbons (Fsp3) is 0.786. The molecule has 1 atom stereocenters. The predicted molar refractivity (Wildman–Crippen MR) is 69.1 cm³/mol. The van der Waals surface area contributed by atoms with Gasteiger partial charge in [0.15, 0.2) is 5.78 Å². The molecule has 15 heavy (non-hydrogen) atoms. The highest BCUT2D eigenvalue weighted by Gasteiger charge is 2.00. The number of rotatable bonds is 7. The van der Waals surface area contributed by atoms with Crippen molar-refractivity contribution in [1.29, 1.82) is 0 Å². The average Bonchev–Trinajstić information content (AvgIpc) is 2.26. The quantitative estimate of drug-likeness (QED) is 0.439. The molecule has 0 aromatic rings. The van der Waals surface area contributed by atoms with Crippen LogP contribution in [-0.4, -0.2) is 5.78 Å². The van der Waals surface area contributed by atoms with Crippen LogP contribution in [0.15, 0.2) is 12.2 Å². The predicted octanol–water partition coefficient (Wildman–Crippen LogP) is 4.76. The number of carbonyl (C=O) groups excluding carboxylic acids is 1. The van der Waals surface area contributed by atoms with Gasteiger partial charge in [0.1, 0.15) is 0 Å². The third-order valence-corrected chi connectivity index (χ3v) is 2.31. The first kappa shape index (κ1) is 16.8. The second-order valence-electron chi connectivity index (χ2n) is 3.63. The van der Waals surface area contributed by atoms with Crippen LogP contribution in [0.3, 0.4) is 0 Å². The van der Waals surface area contributed by atoms with E-state index in [1.807, 2.05) is 13.8 Å². The van der Waals surface area contributed by atoms with E-state index < -0.39 is 0 Å². The summed E-state index contributed by atoms with van der Waals surface area (Å²) in [5.74, 6) is 0.768. The Morgan fingerprint density at radius 2 is 1.80 bits per heavy atom. The molecule has 0 aliphatic heterocycles. The number of carbonyl (C=O) groups is 1. The monoisotopic (exact) mass is 212 g/mol. The molecular formula is C14H28O. The summed E-state index contributed by atoms with van der Waals surface area (Å²) in [5, 5.41) is 0. The smallest absolute Gasteiger partial charge is 0.152 e. The van der Waals surface area contributed by atoms with Gasteiger partial charge >= 0.3 is 0 Å². The molecule has 0 unspecified atom stereocenters. The van der Waals surface area contributed by atoms with Crippen LogP contribution in [0, 0.1) is 5.92 Å². The normalized spacial score (nSPS) is 12.1. The lowest BCUT2D eigenvalue weighted by molar-refractivity contribution is -0.112. The standard InChI is InChI=1S/C12H22O.C2H6/c1-4-6-7-8-12(5-2)10-9-11(3)13;1-2/h9-10,12H,4-8H2,1-3H3;1-2H3/b10-9+;/t12-;/m1./s1. The highest BCUT2D eigenvalue weighted by molar-refractivity contribution is 5.87. The molecule has 1 heteroatoms. The minimum atomic E-state index is 0.161. The summed E-state index contributed by atoms with van der Waals surface area (Å²) in [7, 11) is 0. The van der Waals surface area contributed by atoms with Crippen LogP contribution in [0.2, 0.25) is 0 Å². The zero-order valence-corrected chi connectivity index (χ0v) is 11.2. The van der Waals surface area contributed by atoms with E-state index in [4.69, 9.17) is 0 Å². The Morgan fingerprint density at radius 1 is 1.20 bits per heavy atom. The summed E-state index contributed by atoms with van der Waals surface area (Å²) in [4.78, 5) is 10.7. The Balaban J connectivity index is 0. The van der Waals surface area contributed by atoms with Crippen molar-refractivity contribution in [2.45, 2.75) is 66.7 Å². The van der Waals surface area contributed by atoms with E-state index in [1.54, 1.807) is 13.0 Å². The highest BCUT2D eigenvalue weighted by atomic mass is 16.1. The van der Waals surface area contributed by atoms with Crippen molar-refractivity contribution < 1.29 is 4.79 Å². The molecule has 0 spiro atoms. The van der Waals surface area contributed by atoms with Gasteiger partial charge in [0, 0.05) is 0 Å². The summed E-state index contributed by atoms with van der Waals surface area (Å²) in [6.45, 7) is 10.0. The molecule has 0 N–H and O–H groups in total. The molecule has 0 aromatic heterocycles. The SMILES string of the molecule is CC.CCCCC[C@H](/C=C/C(C)=O)CC. The first-order valence-electron chi connectivity index (χ1n) is 6.39. The van der Waals surface area contributed by atoms with Gasteiger partial charge in [-0.15, -0.1) is 0 Å². The van der Waals surface area contributed by atoms with Crippen molar-refractivity contribution in [3.63, 3.8) is 0 Å². The van der Waals surface area contributed by atoms with E-state index in [0.29, 0.717) is 5.92 Å². The third-order valence-electron chi connectivity index (χ3n) is 2.31. The average molecular weight is 212 g/mol. The van der Waals surface area contributed by atoms with Gasteiger partial charge in [0.25, 0.3) is 0 Å². The third kappa shape index (κ3) is 13.4. The van der Waals surface area contributed by atoms with Crippen molar-refractivity contribution in [3.8, 4) is 0 Å². The Kier molecular flexibility index (Phi) is 15.0. The van der Waals surface area contributed by atoms with Crippen molar-refractivity contribution >= 4 is 5.78 Å². The number of unbranched alkanes of at least 4 members (excludes halogenated alkanes) is 2. The van der Waals surface area contributed by atoms with Crippen LogP contribution in [0.4, 0.5) is 0 Å². The second-order valence-corrected chi connectivity index (χ2v) is 3.63. The van der Waals surface area contributed by atoms with Crippen molar-refractivity contribution in [2.24, 2.45) is 5.92 Å². The molecule has 0 aliphatic carbocycles. The molecule has 1 nitrogen and oxygen atoms in total. The zero-order valence-electron chi connectivity index (χ0n) is 11.2. The molecule has 0 aliphatic rings. The van der Waals surface area contributed by atoms with Crippen LogP contribution in [0.25, 0.3) is 0 Å². The number of allylic oxidation sites excluding steroid dienone is 2. The molecule has 0 heterocycles. The van der Waals surface area contributed by atoms with Crippen molar-refractivity contribution in [3.05, 3.63) is 12.2 Å². The fourth-order valence-electron chi connectivity index (χ4n) is 1.36. The lowest BCUT2D eigenvalue weighted by Crippen LogP contribution is -1.95. The maximum Gasteiger partial charge on any atom is 0.152 e. The molecule has 0 bridgehead atoms. The topological polar surface area (TPSA) is 17.1 Å². The Labute approximate surface area is 96.0 Å². The molecule has 0 amide bonds. The molecule has 0 radical (unpaired) electrons. The number of hydrogen-bond acceptors (Lipinski definition) is 1. The van der Waals surface area contributed by atoms with E-state index in [0.717, 1.165) is 6.42 Å². The van der Waals surface area contributed by atoms with E-state index in [1.165, 1.54) is 25.7 Å². The van der Waals surface area contributed by atoms with Crippen LogP contribution in [0.5, 0.6) is 0 Å². The van der Waals surface area contributed by atoms with Crippen molar-refractivity contribution in [2.75, 3.05) is 0 Å². The van der Waals surface area contributed by atoms with Gasteiger partial charge in [0.2, 0.25) is 0 Å². The van der Waals surface area contributed by atoms with Gasteiger partial charge in [-0.3, -0.25) is 4.79 Å². The van der Waals surface area contributed by atoms with Crippen LogP contribution in [0.1, 0.15) is 66.7 Å². The Bertz CT molecular complexity index is 159. The molecule has 0 saturated heterocycles. The van der Waals surface area contributed by atoms with Gasteiger partial charge in [-0.2, -0.15) is 0 Å². The van der Waals surface area contributed by atoms with Gasteiger partial charge in [0.05, 0.1) is 0 Å².